The third kappa shape index (κ3) is 3.54. The summed E-state index contributed by atoms with van der Waals surface area (Å²) < 4.78 is 11.2. The summed E-state index contributed by atoms with van der Waals surface area (Å²) in [4.78, 5) is 25.2. The molecule has 35 heavy (non-hydrogen) atoms. The Morgan fingerprint density at radius 1 is 1.14 bits per heavy atom. The summed E-state index contributed by atoms with van der Waals surface area (Å²) >= 11 is 0. The Kier molecular flexibility index (Phi) is 4.91. The number of carbonyl (C=O) groups excluding carboxylic acids is 1. The van der Waals surface area contributed by atoms with E-state index in [2.05, 4.69) is 40.4 Å². The van der Waals surface area contributed by atoms with Crippen molar-refractivity contribution in [3.63, 3.8) is 0 Å². The van der Waals surface area contributed by atoms with E-state index in [1.165, 1.54) is 27.8 Å². The SMILES string of the molecule is Cc1c[nH]c2ncc(-c3cc4c(c([C@@H]5COCCN5)c3)CN(C(=O)N3CC5(COC5)C3)CC4)cc12. The Morgan fingerprint density at radius 3 is 2.80 bits per heavy atom. The van der Waals surface area contributed by atoms with Gasteiger partial charge in [-0.15, -0.1) is 0 Å². The molecule has 182 valence electrons. The van der Waals surface area contributed by atoms with Crippen LogP contribution in [0.25, 0.3) is 22.2 Å². The molecule has 2 N–H and O–H groups in total. The van der Waals surface area contributed by atoms with Gasteiger partial charge in [0.05, 0.1) is 37.9 Å². The van der Waals surface area contributed by atoms with Gasteiger partial charge >= 0.3 is 6.03 Å². The monoisotopic (exact) mass is 473 g/mol. The highest BCUT2D eigenvalue weighted by Crippen LogP contribution is 2.39. The molecule has 4 aliphatic heterocycles. The molecule has 2 amide bonds. The highest BCUT2D eigenvalue weighted by atomic mass is 16.5. The Hall–Kier alpha value is -2.94. The van der Waals surface area contributed by atoms with Crippen molar-refractivity contribution in [3.05, 3.63) is 52.8 Å². The molecule has 6 heterocycles. The van der Waals surface area contributed by atoms with Crippen LogP contribution in [-0.4, -0.2) is 78.4 Å². The number of aryl methyl sites for hydroxylation is 1. The molecule has 0 bridgehead atoms. The van der Waals surface area contributed by atoms with Crippen LogP contribution in [-0.2, 0) is 22.4 Å². The predicted molar refractivity (Wildman–Crippen MR) is 132 cm³/mol. The maximum atomic E-state index is 13.3. The number of hydrogen-bond donors (Lipinski definition) is 2. The van der Waals surface area contributed by atoms with E-state index in [0.717, 1.165) is 69.0 Å². The maximum Gasteiger partial charge on any atom is 0.320 e. The van der Waals surface area contributed by atoms with E-state index in [9.17, 15) is 4.79 Å². The summed E-state index contributed by atoms with van der Waals surface area (Å²) in [6, 6.07) is 7.10. The topological polar surface area (TPSA) is 82.7 Å². The van der Waals surface area contributed by atoms with Gasteiger partial charge in [0.1, 0.15) is 5.65 Å². The standard InChI is InChI=1S/C27H31N5O3/c1-17-9-29-25-21(17)8-20(10-30-25)19-6-18-2-4-31(26(33)32-13-27(14-32)15-35-16-27)11-23(18)22(7-19)24-12-34-5-3-28-24/h6-10,24,28H,2-5,11-16H2,1H3,(H,29,30)/t24-/m0/s1. The number of rotatable bonds is 2. The van der Waals surface area contributed by atoms with E-state index in [-0.39, 0.29) is 17.5 Å². The Bertz CT molecular complexity index is 1300. The summed E-state index contributed by atoms with van der Waals surface area (Å²) in [6.45, 7) is 8.96. The van der Waals surface area contributed by atoms with Gasteiger partial charge in [-0.3, -0.25) is 0 Å². The first-order valence-corrected chi connectivity index (χ1v) is 12.6. The van der Waals surface area contributed by atoms with E-state index >= 15 is 0 Å². The van der Waals surface area contributed by atoms with Crippen LogP contribution in [0.2, 0.25) is 0 Å². The molecule has 3 saturated heterocycles. The predicted octanol–water partition coefficient (Wildman–Crippen LogP) is 3.01. The molecule has 3 fully saturated rings. The van der Waals surface area contributed by atoms with Crippen molar-refractivity contribution in [1.82, 2.24) is 25.1 Å². The second-order valence-corrected chi connectivity index (χ2v) is 10.7. The molecule has 0 aliphatic carbocycles. The Balaban J connectivity index is 1.22. The van der Waals surface area contributed by atoms with Crippen molar-refractivity contribution >= 4 is 17.1 Å². The molecule has 1 atom stereocenters. The highest BCUT2D eigenvalue weighted by Gasteiger charge is 2.51. The molecule has 8 nitrogen and oxygen atoms in total. The van der Waals surface area contributed by atoms with Gasteiger partial charge in [0.2, 0.25) is 0 Å². The van der Waals surface area contributed by atoms with E-state index in [0.29, 0.717) is 13.2 Å². The summed E-state index contributed by atoms with van der Waals surface area (Å²) in [5, 5.41) is 4.80. The van der Waals surface area contributed by atoms with Gasteiger partial charge in [-0.05, 0) is 53.3 Å². The number of hydrogen-bond acceptors (Lipinski definition) is 5. The zero-order valence-electron chi connectivity index (χ0n) is 20.1. The van der Waals surface area contributed by atoms with Gasteiger partial charge in [0.25, 0.3) is 0 Å². The summed E-state index contributed by atoms with van der Waals surface area (Å²) in [5.41, 5.74) is 8.49. The molecule has 3 aromatic rings. The van der Waals surface area contributed by atoms with E-state index in [1.807, 2.05) is 22.2 Å². The third-order valence-corrected chi connectivity index (χ3v) is 8.16. The second-order valence-electron chi connectivity index (χ2n) is 10.7. The quantitative estimate of drug-likeness (QED) is 0.598. The van der Waals surface area contributed by atoms with Crippen LogP contribution in [0.4, 0.5) is 4.79 Å². The fourth-order valence-corrected chi connectivity index (χ4v) is 6.07. The van der Waals surface area contributed by atoms with Crippen LogP contribution in [0.5, 0.6) is 0 Å². The molecule has 0 unspecified atom stereocenters. The number of H-pyrrole nitrogens is 1. The number of pyridine rings is 1. The Labute approximate surface area is 204 Å². The fourth-order valence-electron chi connectivity index (χ4n) is 6.07. The number of amides is 2. The van der Waals surface area contributed by atoms with E-state index in [4.69, 9.17) is 9.47 Å². The average molecular weight is 474 g/mol. The number of ether oxygens (including phenoxy) is 2. The number of nitrogens with zero attached hydrogens (tertiary/aromatic N) is 3. The molecule has 7 rings (SSSR count). The summed E-state index contributed by atoms with van der Waals surface area (Å²) in [7, 11) is 0. The number of likely N-dealkylation sites (tertiary alicyclic amines) is 1. The number of nitrogens with one attached hydrogen (secondary N) is 2. The van der Waals surface area contributed by atoms with Crippen molar-refractivity contribution in [1.29, 1.82) is 0 Å². The lowest BCUT2D eigenvalue weighted by Crippen LogP contribution is -2.68. The van der Waals surface area contributed by atoms with Crippen molar-refractivity contribution in [2.45, 2.75) is 25.9 Å². The Morgan fingerprint density at radius 2 is 2.03 bits per heavy atom. The van der Waals surface area contributed by atoms with Gasteiger partial charge in [-0.1, -0.05) is 6.07 Å². The van der Waals surface area contributed by atoms with E-state index in [1.54, 1.807) is 0 Å². The number of carbonyl (C=O) groups is 1. The van der Waals surface area contributed by atoms with Crippen molar-refractivity contribution in [3.8, 4) is 11.1 Å². The van der Waals surface area contributed by atoms with Gasteiger partial charge in [0.15, 0.2) is 0 Å². The van der Waals surface area contributed by atoms with Crippen molar-refractivity contribution < 1.29 is 14.3 Å². The van der Waals surface area contributed by atoms with Gasteiger partial charge in [-0.25, -0.2) is 9.78 Å². The molecular weight excluding hydrogens is 442 g/mol. The minimum absolute atomic E-state index is 0.123. The first-order chi connectivity index (χ1) is 17.1. The fraction of sp³-hybridized carbons (Fsp3) is 0.481. The lowest BCUT2D eigenvalue weighted by atomic mass is 9.78. The maximum absolute atomic E-state index is 13.3. The van der Waals surface area contributed by atoms with Crippen molar-refractivity contribution in [2.75, 3.05) is 52.6 Å². The normalized spacial score (nSPS) is 23.2. The molecule has 1 aromatic carbocycles. The molecule has 0 saturated carbocycles. The summed E-state index contributed by atoms with van der Waals surface area (Å²) in [5.74, 6) is 0. The third-order valence-electron chi connectivity index (χ3n) is 8.16. The van der Waals surface area contributed by atoms with Crippen LogP contribution in [0.15, 0.2) is 30.6 Å². The van der Waals surface area contributed by atoms with Crippen LogP contribution < -0.4 is 5.32 Å². The van der Waals surface area contributed by atoms with Crippen LogP contribution >= 0.6 is 0 Å². The first kappa shape index (κ1) is 21.4. The minimum atomic E-state index is 0.123. The van der Waals surface area contributed by atoms with E-state index < -0.39 is 0 Å². The summed E-state index contributed by atoms with van der Waals surface area (Å²) in [6.07, 6.45) is 4.82. The lowest BCUT2D eigenvalue weighted by molar-refractivity contribution is -0.177. The molecule has 4 aliphatic rings. The minimum Gasteiger partial charge on any atom is -0.380 e. The number of benzene rings is 1. The molecular formula is C27H31N5O3. The highest BCUT2D eigenvalue weighted by molar-refractivity contribution is 5.85. The van der Waals surface area contributed by atoms with Gasteiger partial charge in [0, 0.05) is 56.1 Å². The van der Waals surface area contributed by atoms with Crippen LogP contribution in [0, 0.1) is 12.3 Å². The van der Waals surface area contributed by atoms with Crippen molar-refractivity contribution in [2.24, 2.45) is 5.41 Å². The number of fused-ring (bicyclic) bond motifs is 2. The zero-order chi connectivity index (χ0) is 23.6. The van der Waals surface area contributed by atoms with Crippen LogP contribution in [0.1, 0.15) is 28.3 Å². The number of morpholine rings is 1. The zero-order valence-corrected chi connectivity index (χ0v) is 20.1. The molecule has 1 spiro atoms. The first-order valence-electron chi connectivity index (χ1n) is 12.6. The molecule has 8 heteroatoms. The van der Waals surface area contributed by atoms with Crippen LogP contribution in [0.3, 0.4) is 0 Å². The number of aromatic nitrogens is 2. The number of aromatic amines is 1. The lowest BCUT2D eigenvalue weighted by Gasteiger charge is -2.55. The molecule has 0 radical (unpaired) electrons. The second kappa shape index (κ2) is 8.05. The van der Waals surface area contributed by atoms with Gasteiger partial charge < -0.3 is 29.6 Å². The molecule has 2 aromatic heterocycles. The number of urea groups is 1. The largest absolute Gasteiger partial charge is 0.380 e. The average Bonchev–Trinajstić information content (AvgIpc) is 3.21. The van der Waals surface area contributed by atoms with Gasteiger partial charge in [-0.2, -0.15) is 0 Å². The smallest absolute Gasteiger partial charge is 0.320 e.